The molecule has 160 valence electrons. The van der Waals surface area contributed by atoms with E-state index < -0.39 is 0 Å². The van der Waals surface area contributed by atoms with Crippen molar-refractivity contribution in [3.8, 4) is 0 Å². The first-order valence-corrected chi connectivity index (χ1v) is 8.91. The Kier molecular flexibility index (Phi) is 43.9. The van der Waals surface area contributed by atoms with E-state index in [1.165, 1.54) is 45.2 Å². The molecule has 0 radical (unpaired) electrons. The van der Waals surface area contributed by atoms with Crippen LogP contribution in [0.25, 0.3) is 0 Å². The highest BCUT2D eigenvalue weighted by atomic mass is 35.5. The summed E-state index contributed by atoms with van der Waals surface area (Å²) in [5.74, 6) is 1.46. The molecule has 0 aromatic carbocycles. The van der Waals surface area contributed by atoms with Gasteiger partial charge in [0, 0.05) is 0 Å². The summed E-state index contributed by atoms with van der Waals surface area (Å²) in [5.41, 5.74) is 0. The number of hydrogen-bond acceptors (Lipinski definition) is 4. The zero-order valence-electron chi connectivity index (χ0n) is 16.6. The van der Waals surface area contributed by atoms with Gasteiger partial charge >= 0.3 is 0 Å². The second kappa shape index (κ2) is 29.8. The Morgan fingerprint density at radius 3 is 1.16 bits per heavy atom. The molecule has 0 fully saturated rings. The molecule has 0 aliphatic carbocycles. The number of nitrogens with one attached hydrogen (secondary N) is 4. The van der Waals surface area contributed by atoms with Crippen molar-refractivity contribution in [3.63, 3.8) is 0 Å². The van der Waals surface area contributed by atoms with Gasteiger partial charge in [0.05, 0.1) is 0 Å². The highest BCUT2D eigenvalue weighted by Gasteiger charge is 2.00. The van der Waals surface area contributed by atoms with Crippen LogP contribution in [0.2, 0.25) is 0 Å². The van der Waals surface area contributed by atoms with Crippen molar-refractivity contribution in [1.29, 1.82) is 0 Å². The molecule has 0 rings (SSSR count). The van der Waals surface area contributed by atoms with Gasteiger partial charge in [-0.25, -0.2) is 0 Å². The lowest BCUT2D eigenvalue weighted by Gasteiger charge is -2.12. The molecule has 4 nitrogen and oxygen atoms in total. The van der Waals surface area contributed by atoms with Gasteiger partial charge in [-0.3, -0.25) is 0 Å². The maximum Gasteiger partial charge on any atom is -0.00110 e. The molecule has 4 N–H and O–H groups in total. The number of rotatable bonds is 16. The number of unbranched alkanes of at least 4 members (excludes halogenated alkanes) is 4. The van der Waals surface area contributed by atoms with Gasteiger partial charge in [0.25, 0.3) is 0 Å². The van der Waals surface area contributed by atoms with Crippen molar-refractivity contribution in [3.05, 3.63) is 0 Å². The monoisotopic (exact) mass is 444 g/mol. The summed E-state index contributed by atoms with van der Waals surface area (Å²) in [7, 11) is 4.04. The van der Waals surface area contributed by atoms with Crippen LogP contribution < -0.4 is 21.3 Å². The van der Waals surface area contributed by atoms with Crippen molar-refractivity contribution >= 4 is 49.6 Å². The topological polar surface area (TPSA) is 48.1 Å². The molecular weight excluding hydrogens is 402 g/mol. The first kappa shape index (κ1) is 36.8. The molecule has 0 aromatic rings. The van der Waals surface area contributed by atoms with Crippen molar-refractivity contribution in [1.82, 2.24) is 21.3 Å². The fourth-order valence-corrected chi connectivity index (χ4v) is 2.57. The standard InChI is InChI=1S/C17H40N4.4ClH/c1-16(12-18-3)14-20-10-8-6-5-7-9-11-21-15-17(2)13-19-4;;;;/h16-21H,5-15H2,1-4H3;4*1H. The minimum atomic E-state index is 0. The lowest BCUT2D eigenvalue weighted by Crippen LogP contribution is -2.28. The van der Waals surface area contributed by atoms with Gasteiger partial charge in [-0.05, 0) is 78.0 Å². The molecule has 0 saturated heterocycles. The minimum absolute atomic E-state index is 0. The Balaban J connectivity index is -0.000000333. The van der Waals surface area contributed by atoms with E-state index in [-0.39, 0.29) is 49.6 Å². The third kappa shape index (κ3) is 30.0. The van der Waals surface area contributed by atoms with E-state index >= 15 is 0 Å². The molecule has 2 unspecified atom stereocenters. The van der Waals surface area contributed by atoms with Gasteiger partial charge in [-0.15, -0.1) is 49.6 Å². The van der Waals surface area contributed by atoms with E-state index in [0.717, 1.165) is 38.0 Å². The minimum Gasteiger partial charge on any atom is -0.319 e. The van der Waals surface area contributed by atoms with Gasteiger partial charge in [0.15, 0.2) is 0 Å². The van der Waals surface area contributed by atoms with Crippen LogP contribution in [0, 0.1) is 11.8 Å². The van der Waals surface area contributed by atoms with Crippen molar-refractivity contribution < 1.29 is 0 Å². The lowest BCUT2D eigenvalue weighted by molar-refractivity contribution is 0.471. The van der Waals surface area contributed by atoms with Gasteiger partial charge in [0.2, 0.25) is 0 Å². The van der Waals surface area contributed by atoms with E-state index in [4.69, 9.17) is 0 Å². The predicted molar refractivity (Wildman–Crippen MR) is 124 cm³/mol. The maximum absolute atomic E-state index is 3.55. The Labute approximate surface area is 181 Å². The lowest BCUT2D eigenvalue weighted by atomic mass is 10.1. The molecule has 0 aromatic heterocycles. The quantitative estimate of drug-likeness (QED) is 0.274. The van der Waals surface area contributed by atoms with E-state index in [2.05, 4.69) is 35.1 Å². The maximum atomic E-state index is 3.55. The zero-order valence-corrected chi connectivity index (χ0v) is 19.8. The van der Waals surface area contributed by atoms with Crippen LogP contribution in [0.5, 0.6) is 0 Å². The third-order valence-electron chi connectivity index (χ3n) is 3.80. The van der Waals surface area contributed by atoms with E-state index in [9.17, 15) is 0 Å². The van der Waals surface area contributed by atoms with Gasteiger partial charge in [0.1, 0.15) is 0 Å². The van der Waals surface area contributed by atoms with E-state index in [1.807, 2.05) is 14.1 Å². The average Bonchev–Trinajstić information content (AvgIpc) is 2.45. The summed E-state index contributed by atoms with van der Waals surface area (Å²) in [6, 6.07) is 0. The fraction of sp³-hybridized carbons (Fsp3) is 1.00. The number of halogens is 4. The van der Waals surface area contributed by atoms with Gasteiger partial charge < -0.3 is 21.3 Å². The highest BCUT2D eigenvalue weighted by molar-refractivity contribution is 5.86. The average molecular weight is 446 g/mol. The van der Waals surface area contributed by atoms with E-state index in [1.54, 1.807) is 0 Å². The highest BCUT2D eigenvalue weighted by Crippen LogP contribution is 2.02. The Morgan fingerprint density at radius 1 is 0.520 bits per heavy atom. The number of hydrogen-bond donors (Lipinski definition) is 4. The summed E-state index contributed by atoms with van der Waals surface area (Å²) in [5, 5.41) is 13.5. The molecule has 2 atom stereocenters. The second-order valence-corrected chi connectivity index (χ2v) is 6.50. The van der Waals surface area contributed by atoms with Crippen molar-refractivity contribution in [2.75, 3.05) is 53.4 Å². The van der Waals surface area contributed by atoms with Crippen LogP contribution in [0.4, 0.5) is 0 Å². The van der Waals surface area contributed by atoms with Crippen molar-refractivity contribution in [2.24, 2.45) is 11.8 Å². The summed E-state index contributed by atoms with van der Waals surface area (Å²) in [6.45, 7) is 11.4. The second-order valence-electron chi connectivity index (χ2n) is 6.50. The fourth-order valence-electron chi connectivity index (χ4n) is 2.57. The molecule has 0 amide bonds. The normalized spacial score (nSPS) is 12.0. The van der Waals surface area contributed by atoms with Crippen LogP contribution in [-0.2, 0) is 0 Å². The predicted octanol–water partition coefficient (Wildman–Crippen LogP) is 3.51. The molecule has 0 saturated carbocycles. The molecule has 8 heteroatoms. The first-order chi connectivity index (χ1) is 10.2. The van der Waals surface area contributed by atoms with Crippen LogP contribution >= 0.6 is 49.6 Å². The van der Waals surface area contributed by atoms with Gasteiger partial charge in [-0.1, -0.05) is 33.1 Å². The van der Waals surface area contributed by atoms with E-state index in [0.29, 0.717) is 0 Å². The summed E-state index contributed by atoms with van der Waals surface area (Å²) >= 11 is 0. The Hall–Kier alpha value is 1.00. The third-order valence-corrected chi connectivity index (χ3v) is 3.80. The Morgan fingerprint density at radius 2 is 0.840 bits per heavy atom. The summed E-state index contributed by atoms with van der Waals surface area (Å²) < 4.78 is 0. The molecule has 0 spiro atoms. The van der Waals surface area contributed by atoms with Gasteiger partial charge in [-0.2, -0.15) is 0 Å². The van der Waals surface area contributed by atoms with Crippen LogP contribution in [-0.4, -0.2) is 53.4 Å². The smallest absolute Gasteiger partial charge is 0.00110 e. The van der Waals surface area contributed by atoms with Crippen LogP contribution in [0.3, 0.4) is 0 Å². The summed E-state index contributed by atoms with van der Waals surface area (Å²) in [6.07, 6.45) is 6.74. The molecule has 0 aliphatic heterocycles. The molecular formula is C17H44Cl4N4. The van der Waals surface area contributed by atoms with Crippen LogP contribution in [0.15, 0.2) is 0 Å². The Bertz CT molecular complexity index is 195. The largest absolute Gasteiger partial charge is 0.319 e. The van der Waals surface area contributed by atoms with Crippen LogP contribution in [0.1, 0.15) is 46.0 Å². The SMILES string of the molecule is CNCC(C)CNCCCCCCCNCC(C)CNC.Cl.Cl.Cl.Cl. The molecule has 25 heavy (non-hydrogen) atoms. The first-order valence-electron chi connectivity index (χ1n) is 8.91. The molecule has 0 heterocycles. The molecule has 0 aliphatic rings. The molecule has 0 bridgehead atoms. The summed E-state index contributed by atoms with van der Waals surface area (Å²) in [4.78, 5) is 0. The van der Waals surface area contributed by atoms with Crippen molar-refractivity contribution in [2.45, 2.75) is 46.0 Å². The zero-order chi connectivity index (χ0) is 15.8.